The fourth-order valence-corrected chi connectivity index (χ4v) is 3.52. The van der Waals surface area contributed by atoms with Gasteiger partial charge in [0.1, 0.15) is 12.4 Å². The van der Waals surface area contributed by atoms with Crippen LogP contribution in [0.25, 0.3) is 0 Å². The Hall–Kier alpha value is -2.33. The maximum atomic E-state index is 11.2. The van der Waals surface area contributed by atoms with Crippen LogP contribution < -0.4 is 15.8 Å². The molecular weight excluding hydrogens is 312 g/mol. The van der Waals surface area contributed by atoms with Gasteiger partial charge in [-0.15, -0.1) is 0 Å². The molecule has 0 saturated heterocycles. The quantitative estimate of drug-likeness (QED) is 0.778. The monoisotopic (exact) mass is 336 g/mol. The Labute approximate surface area is 148 Å². The average molecular weight is 336 g/mol. The van der Waals surface area contributed by atoms with Crippen LogP contribution in [0.15, 0.2) is 54.6 Å². The molecule has 2 aromatic rings. The summed E-state index contributed by atoms with van der Waals surface area (Å²) in [6.45, 7) is 0.587. The lowest BCUT2D eigenvalue weighted by Crippen LogP contribution is -2.37. The molecule has 2 aliphatic rings. The smallest absolute Gasteiger partial charge is 0.219 e. The normalized spacial score (nSPS) is 23.0. The van der Waals surface area contributed by atoms with Gasteiger partial charge in [0.25, 0.3) is 0 Å². The lowest BCUT2D eigenvalue weighted by Gasteiger charge is -2.15. The number of carbonyl (C=O) groups excluding carboxylic acids is 1. The van der Waals surface area contributed by atoms with Gasteiger partial charge >= 0.3 is 0 Å². The number of primary amides is 1. The van der Waals surface area contributed by atoms with Gasteiger partial charge in [-0.1, -0.05) is 42.5 Å². The molecule has 1 amide bonds. The molecule has 4 nitrogen and oxygen atoms in total. The largest absolute Gasteiger partial charge is 0.489 e. The van der Waals surface area contributed by atoms with E-state index in [2.05, 4.69) is 29.6 Å². The van der Waals surface area contributed by atoms with E-state index in [0.29, 0.717) is 25.0 Å². The molecule has 2 aliphatic carbocycles. The first kappa shape index (κ1) is 16.2. The SMILES string of the molecule is NC(=O)CC1(N[C@@H]2C[C@H]2c2ccc(OCc3ccccc3)cc2)CC1. The molecule has 2 atom stereocenters. The van der Waals surface area contributed by atoms with Crippen molar-refractivity contribution in [3.05, 3.63) is 65.7 Å². The number of benzene rings is 2. The first-order valence-corrected chi connectivity index (χ1v) is 8.96. The maximum Gasteiger partial charge on any atom is 0.219 e. The van der Waals surface area contributed by atoms with E-state index in [-0.39, 0.29) is 11.4 Å². The molecule has 3 N–H and O–H groups in total. The minimum absolute atomic E-state index is 0.00994. The predicted molar refractivity (Wildman–Crippen MR) is 97.3 cm³/mol. The third-order valence-electron chi connectivity index (χ3n) is 5.20. The summed E-state index contributed by atoms with van der Waals surface area (Å²) in [4.78, 5) is 11.2. The van der Waals surface area contributed by atoms with E-state index in [1.165, 1.54) is 11.1 Å². The molecule has 0 radical (unpaired) electrons. The number of carbonyl (C=O) groups is 1. The van der Waals surface area contributed by atoms with Gasteiger partial charge in [-0.3, -0.25) is 4.79 Å². The van der Waals surface area contributed by atoms with Crippen molar-refractivity contribution in [2.24, 2.45) is 5.73 Å². The predicted octanol–water partition coefficient (Wildman–Crippen LogP) is 3.12. The number of rotatable bonds is 8. The van der Waals surface area contributed by atoms with E-state index in [9.17, 15) is 4.79 Å². The lowest BCUT2D eigenvalue weighted by atomic mass is 10.1. The molecule has 2 fully saturated rings. The van der Waals surface area contributed by atoms with Crippen molar-refractivity contribution in [1.82, 2.24) is 5.32 Å². The molecule has 4 heteroatoms. The highest BCUT2D eigenvalue weighted by Gasteiger charge is 2.50. The third kappa shape index (κ3) is 4.02. The molecule has 0 bridgehead atoms. The van der Waals surface area contributed by atoms with E-state index >= 15 is 0 Å². The van der Waals surface area contributed by atoms with Crippen molar-refractivity contribution in [3.8, 4) is 5.75 Å². The van der Waals surface area contributed by atoms with Crippen molar-refractivity contribution >= 4 is 5.91 Å². The van der Waals surface area contributed by atoms with Crippen molar-refractivity contribution in [3.63, 3.8) is 0 Å². The van der Waals surface area contributed by atoms with Crippen molar-refractivity contribution in [1.29, 1.82) is 0 Å². The number of hydrogen-bond acceptors (Lipinski definition) is 3. The van der Waals surface area contributed by atoms with E-state index in [4.69, 9.17) is 10.5 Å². The first-order valence-electron chi connectivity index (χ1n) is 8.96. The second kappa shape index (κ2) is 6.52. The lowest BCUT2D eigenvalue weighted by molar-refractivity contribution is -0.118. The van der Waals surface area contributed by atoms with E-state index in [1.54, 1.807) is 0 Å². The van der Waals surface area contributed by atoms with Crippen LogP contribution in [-0.4, -0.2) is 17.5 Å². The molecular formula is C21H24N2O2. The number of hydrogen-bond donors (Lipinski definition) is 2. The number of nitrogens with one attached hydrogen (secondary N) is 1. The molecule has 25 heavy (non-hydrogen) atoms. The van der Waals surface area contributed by atoms with Gasteiger partial charge in [0.15, 0.2) is 0 Å². The zero-order chi connectivity index (χ0) is 17.3. The number of amides is 1. The summed E-state index contributed by atoms with van der Waals surface area (Å²) < 4.78 is 5.84. The van der Waals surface area contributed by atoms with Crippen LogP contribution in [0.3, 0.4) is 0 Å². The summed E-state index contributed by atoms with van der Waals surface area (Å²) in [7, 11) is 0. The summed E-state index contributed by atoms with van der Waals surface area (Å²) in [5.41, 5.74) is 7.85. The Kier molecular flexibility index (Phi) is 4.22. The van der Waals surface area contributed by atoms with Gasteiger partial charge < -0.3 is 15.8 Å². The zero-order valence-corrected chi connectivity index (χ0v) is 14.3. The maximum absolute atomic E-state index is 11.2. The summed E-state index contributed by atoms with van der Waals surface area (Å²) in [5, 5.41) is 3.65. The van der Waals surface area contributed by atoms with Crippen LogP contribution >= 0.6 is 0 Å². The molecule has 2 saturated carbocycles. The van der Waals surface area contributed by atoms with Crippen molar-refractivity contribution in [2.75, 3.05) is 0 Å². The molecule has 0 spiro atoms. The van der Waals surface area contributed by atoms with E-state index in [1.807, 2.05) is 30.3 Å². The average Bonchev–Trinajstić information content (AvgIpc) is 3.53. The Morgan fingerprint density at radius 2 is 1.84 bits per heavy atom. The van der Waals surface area contributed by atoms with E-state index < -0.39 is 0 Å². The fraction of sp³-hybridized carbons (Fsp3) is 0.381. The van der Waals surface area contributed by atoms with Gasteiger partial charge in [-0.05, 0) is 42.5 Å². The highest BCUT2D eigenvalue weighted by atomic mass is 16.5. The highest BCUT2D eigenvalue weighted by Crippen LogP contribution is 2.47. The summed E-state index contributed by atoms with van der Waals surface area (Å²) in [5.74, 6) is 1.22. The Morgan fingerprint density at radius 3 is 2.48 bits per heavy atom. The van der Waals surface area contributed by atoms with Crippen LogP contribution in [0.2, 0.25) is 0 Å². The first-order chi connectivity index (χ1) is 12.1. The molecule has 130 valence electrons. The van der Waals surface area contributed by atoms with Gasteiger partial charge in [-0.2, -0.15) is 0 Å². The number of nitrogens with two attached hydrogens (primary N) is 1. The van der Waals surface area contributed by atoms with Crippen LogP contribution in [0, 0.1) is 0 Å². The molecule has 4 rings (SSSR count). The van der Waals surface area contributed by atoms with Crippen LogP contribution in [0.5, 0.6) is 5.75 Å². The van der Waals surface area contributed by atoms with Crippen LogP contribution in [0.4, 0.5) is 0 Å². The van der Waals surface area contributed by atoms with Crippen molar-refractivity contribution < 1.29 is 9.53 Å². The Morgan fingerprint density at radius 1 is 1.12 bits per heavy atom. The highest BCUT2D eigenvalue weighted by molar-refractivity contribution is 5.75. The Balaban J connectivity index is 1.29. The molecule has 0 unspecified atom stereocenters. The van der Waals surface area contributed by atoms with Crippen LogP contribution in [-0.2, 0) is 11.4 Å². The van der Waals surface area contributed by atoms with Gasteiger partial charge in [0.2, 0.25) is 5.91 Å². The van der Waals surface area contributed by atoms with Crippen molar-refractivity contribution in [2.45, 2.75) is 49.8 Å². The summed E-state index contributed by atoms with van der Waals surface area (Å²) >= 11 is 0. The molecule has 0 heterocycles. The minimum Gasteiger partial charge on any atom is -0.489 e. The second-order valence-electron chi connectivity index (χ2n) is 7.36. The van der Waals surface area contributed by atoms with Crippen LogP contribution in [0.1, 0.15) is 42.7 Å². The fourth-order valence-electron chi connectivity index (χ4n) is 3.52. The summed E-state index contributed by atoms with van der Waals surface area (Å²) in [6, 6.07) is 19.0. The zero-order valence-electron chi connectivity index (χ0n) is 14.3. The minimum atomic E-state index is -0.206. The third-order valence-corrected chi connectivity index (χ3v) is 5.20. The van der Waals surface area contributed by atoms with Gasteiger partial charge in [-0.25, -0.2) is 0 Å². The van der Waals surface area contributed by atoms with Gasteiger partial charge in [0.05, 0.1) is 0 Å². The summed E-state index contributed by atoms with van der Waals surface area (Å²) in [6.07, 6.45) is 3.71. The topological polar surface area (TPSA) is 64.4 Å². The number of ether oxygens (including phenoxy) is 1. The molecule has 0 aliphatic heterocycles. The van der Waals surface area contributed by atoms with Gasteiger partial charge in [0, 0.05) is 23.9 Å². The standard InChI is InChI=1S/C21H24N2O2/c22-20(24)13-21(10-11-21)23-19-12-18(19)16-6-8-17(9-7-16)25-14-15-4-2-1-3-5-15/h1-9,18-19,23H,10-14H2,(H2,22,24)/t18-,19+/m0/s1. The molecule has 0 aromatic heterocycles. The second-order valence-corrected chi connectivity index (χ2v) is 7.36. The molecule has 2 aromatic carbocycles. The van der Waals surface area contributed by atoms with E-state index in [0.717, 1.165) is 25.0 Å². The Bertz CT molecular complexity index is 738.